The number of rotatable bonds is 4. The minimum absolute atomic E-state index is 0.151. The smallest absolute Gasteiger partial charge is 0.317 e. The molecule has 1 aliphatic carbocycles. The standard InChI is InChI=1S/C15H30N4O/c16-8-4-9-18-10-5-11-19(13-12-18)15(20)17-14-6-2-1-3-7-14/h14H,1-13,16H2,(H,17,20). The Balaban J connectivity index is 1.72. The van der Waals surface area contributed by atoms with Crippen LogP contribution in [0.1, 0.15) is 44.9 Å². The van der Waals surface area contributed by atoms with E-state index in [4.69, 9.17) is 5.73 Å². The summed E-state index contributed by atoms with van der Waals surface area (Å²) in [5.41, 5.74) is 5.56. The summed E-state index contributed by atoms with van der Waals surface area (Å²) in [5.74, 6) is 0. The van der Waals surface area contributed by atoms with Crippen LogP contribution in [0.2, 0.25) is 0 Å². The average molecular weight is 282 g/mol. The topological polar surface area (TPSA) is 61.6 Å². The van der Waals surface area contributed by atoms with Crippen molar-refractivity contribution in [2.24, 2.45) is 5.73 Å². The number of amides is 2. The number of carbonyl (C=O) groups is 1. The number of nitrogens with one attached hydrogen (secondary N) is 1. The Kier molecular flexibility index (Phi) is 6.60. The number of carbonyl (C=O) groups excluding carboxylic acids is 1. The zero-order valence-electron chi connectivity index (χ0n) is 12.6. The van der Waals surface area contributed by atoms with Crippen LogP contribution in [-0.4, -0.2) is 61.1 Å². The second kappa shape index (κ2) is 8.47. The highest BCUT2D eigenvalue weighted by atomic mass is 16.2. The molecule has 20 heavy (non-hydrogen) atoms. The van der Waals surface area contributed by atoms with Gasteiger partial charge in [-0.2, -0.15) is 0 Å². The van der Waals surface area contributed by atoms with E-state index in [-0.39, 0.29) is 6.03 Å². The first-order valence-electron chi connectivity index (χ1n) is 8.27. The van der Waals surface area contributed by atoms with Gasteiger partial charge in [0.25, 0.3) is 0 Å². The van der Waals surface area contributed by atoms with Gasteiger partial charge in [-0.3, -0.25) is 0 Å². The van der Waals surface area contributed by atoms with Gasteiger partial charge in [0.15, 0.2) is 0 Å². The highest BCUT2D eigenvalue weighted by molar-refractivity contribution is 5.74. The minimum atomic E-state index is 0.151. The van der Waals surface area contributed by atoms with Crippen molar-refractivity contribution >= 4 is 6.03 Å². The summed E-state index contributed by atoms with van der Waals surface area (Å²) < 4.78 is 0. The third-order valence-electron chi connectivity index (χ3n) is 4.49. The van der Waals surface area contributed by atoms with Crippen molar-refractivity contribution in [2.45, 2.75) is 51.0 Å². The van der Waals surface area contributed by atoms with Crippen LogP contribution in [0.15, 0.2) is 0 Å². The Hall–Kier alpha value is -0.810. The Bertz CT molecular complexity index is 292. The van der Waals surface area contributed by atoms with E-state index in [1.165, 1.54) is 19.3 Å². The summed E-state index contributed by atoms with van der Waals surface area (Å²) in [6.45, 7) is 5.63. The van der Waals surface area contributed by atoms with E-state index >= 15 is 0 Å². The molecule has 2 aliphatic rings. The van der Waals surface area contributed by atoms with Crippen LogP contribution < -0.4 is 11.1 Å². The molecule has 1 aliphatic heterocycles. The maximum absolute atomic E-state index is 12.3. The van der Waals surface area contributed by atoms with Crippen LogP contribution in [0.5, 0.6) is 0 Å². The molecule has 2 amide bonds. The number of nitrogens with zero attached hydrogens (tertiary/aromatic N) is 2. The second-order valence-corrected chi connectivity index (χ2v) is 6.11. The lowest BCUT2D eigenvalue weighted by atomic mass is 9.96. The molecule has 0 aromatic heterocycles. The van der Waals surface area contributed by atoms with E-state index in [0.717, 1.165) is 65.0 Å². The third kappa shape index (κ3) is 4.94. The normalized spacial score (nSPS) is 22.6. The summed E-state index contributed by atoms with van der Waals surface area (Å²) in [5, 5.41) is 3.22. The van der Waals surface area contributed by atoms with Crippen molar-refractivity contribution in [2.75, 3.05) is 39.3 Å². The number of urea groups is 1. The quantitative estimate of drug-likeness (QED) is 0.819. The molecule has 116 valence electrons. The lowest BCUT2D eigenvalue weighted by molar-refractivity contribution is 0.190. The SMILES string of the molecule is NCCCN1CCCN(C(=O)NC2CCCCC2)CC1. The summed E-state index contributed by atoms with van der Waals surface area (Å²) in [6, 6.07) is 0.561. The number of hydrogen-bond donors (Lipinski definition) is 2. The van der Waals surface area contributed by atoms with Crippen LogP contribution in [0.25, 0.3) is 0 Å². The molecular formula is C15H30N4O. The fourth-order valence-corrected chi connectivity index (χ4v) is 3.23. The largest absolute Gasteiger partial charge is 0.335 e. The molecule has 0 radical (unpaired) electrons. The van der Waals surface area contributed by atoms with Gasteiger partial charge in [-0.05, 0) is 45.3 Å². The molecule has 0 aromatic carbocycles. The maximum Gasteiger partial charge on any atom is 0.317 e. The van der Waals surface area contributed by atoms with Gasteiger partial charge in [0.05, 0.1) is 0 Å². The molecule has 1 heterocycles. The highest BCUT2D eigenvalue weighted by Gasteiger charge is 2.22. The predicted octanol–water partition coefficient (Wildman–Crippen LogP) is 1.39. The van der Waals surface area contributed by atoms with Crippen LogP contribution in [0, 0.1) is 0 Å². The third-order valence-corrected chi connectivity index (χ3v) is 4.49. The average Bonchev–Trinajstić information content (AvgIpc) is 2.72. The summed E-state index contributed by atoms with van der Waals surface area (Å²) in [4.78, 5) is 16.7. The van der Waals surface area contributed by atoms with Crippen molar-refractivity contribution in [3.8, 4) is 0 Å². The number of nitrogens with two attached hydrogens (primary N) is 1. The van der Waals surface area contributed by atoms with Gasteiger partial charge in [-0.15, -0.1) is 0 Å². The molecule has 5 heteroatoms. The lowest BCUT2D eigenvalue weighted by Crippen LogP contribution is -2.46. The van der Waals surface area contributed by atoms with E-state index in [9.17, 15) is 4.79 Å². The fourth-order valence-electron chi connectivity index (χ4n) is 3.23. The maximum atomic E-state index is 12.3. The molecule has 5 nitrogen and oxygen atoms in total. The van der Waals surface area contributed by atoms with Crippen molar-refractivity contribution < 1.29 is 4.79 Å². The molecule has 2 fully saturated rings. The Morgan fingerprint density at radius 3 is 2.60 bits per heavy atom. The Morgan fingerprint density at radius 1 is 1.05 bits per heavy atom. The highest BCUT2D eigenvalue weighted by Crippen LogP contribution is 2.17. The molecule has 0 atom stereocenters. The van der Waals surface area contributed by atoms with Crippen LogP contribution >= 0.6 is 0 Å². The zero-order valence-corrected chi connectivity index (χ0v) is 12.6. The Labute approximate surface area is 122 Å². The van der Waals surface area contributed by atoms with Gasteiger partial charge in [0.2, 0.25) is 0 Å². The van der Waals surface area contributed by atoms with Crippen molar-refractivity contribution in [1.82, 2.24) is 15.1 Å². The summed E-state index contributed by atoms with van der Waals surface area (Å²) in [7, 11) is 0. The Morgan fingerprint density at radius 2 is 1.85 bits per heavy atom. The molecule has 0 unspecified atom stereocenters. The first-order chi connectivity index (χ1) is 9.79. The predicted molar refractivity (Wildman–Crippen MR) is 81.7 cm³/mol. The molecule has 0 spiro atoms. The van der Waals surface area contributed by atoms with Gasteiger partial charge in [-0.1, -0.05) is 19.3 Å². The van der Waals surface area contributed by atoms with E-state index in [2.05, 4.69) is 10.2 Å². The summed E-state index contributed by atoms with van der Waals surface area (Å²) in [6.07, 6.45) is 8.28. The van der Waals surface area contributed by atoms with Gasteiger partial charge < -0.3 is 20.9 Å². The monoisotopic (exact) mass is 282 g/mol. The van der Waals surface area contributed by atoms with Crippen molar-refractivity contribution in [3.63, 3.8) is 0 Å². The molecular weight excluding hydrogens is 252 g/mol. The van der Waals surface area contributed by atoms with Gasteiger partial charge in [0.1, 0.15) is 0 Å². The van der Waals surface area contributed by atoms with Crippen LogP contribution in [0.3, 0.4) is 0 Å². The second-order valence-electron chi connectivity index (χ2n) is 6.11. The molecule has 1 saturated carbocycles. The summed E-state index contributed by atoms with van der Waals surface area (Å²) >= 11 is 0. The number of hydrogen-bond acceptors (Lipinski definition) is 3. The van der Waals surface area contributed by atoms with E-state index in [1.54, 1.807) is 0 Å². The molecule has 1 saturated heterocycles. The molecule has 0 aromatic rings. The van der Waals surface area contributed by atoms with Gasteiger partial charge >= 0.3 is 6.03 Å². The van der Waals surface area contributed by atoms with Gasteiger partial charge in [-0.25, -0.2) is 4.79 Å². The van der Waals surface area contributed by atoms with Gasteiger partial charge in [0, 0.05) is 25.7 Å². The molecule has 2 rings (SSSR count). The van der Waals surface area contributed by atoms with Crippen molar-refractivity contribution in [3.05, 3.63) is 0 Å². The molecule has 3 N–H and O–H groups in total. The first-order valence-corrected chi connectivity index (χ1v) is 8.27. The fraction of sp³-hybridized carbons (Fsp3) is 0.933. The molecule has 0 bridgehead atoms. The zero-order chi connectivity index (χ0) is 14.2. The van der Waals surface area contributed by atoms with E-state index in [0.29, 0.717) is 6.04 Å². The van der Waals surface area contributed by atoms with E-state index in [1.807, 2.05) is 4.90 Å². The minimum Gasteiger partial charge on any atom is -0.335 e. The van der Waals surface area contributed by atoms with E-state index < -0.39 is 0 Å². The lowest BCUT2D eigenvalue weighted by Gasteiger charge is -2.27. The van der Waals surface area contributed by atoms with Crippen molar-refractivity contribution in [1.29, 1.82) is 0 Å². The first kappa shape index (κ1) is 15.6. The van der Waals surface area contributed by atoms with Crippen LogP contribution in [0.4, 0.5) is 4.79 Å². The van der Waals surface area contributed by atoms with Crippen LogP contribution in [-0.2, 0) is 0 Å².